The molecule has 4 aromatic carbocycles. The van der Waals surface area contributed by atoms with Crippen molar-refractivity contribution in [2.45, 2.75) is 78.1 Å². The van der Waals surface area contributed by atoms with Crippen LogP contribution in [0.15, 0.2) is 96.1 Å². The summed E-state index contributed by atoms with van der Waals surface area (Å²) < 4.78 is 33.0. The molecule has 63 heavy (non-hydrogen) atoms. The normalized spacial score (nSPS) is 13.2. The number of imidazole rings is 1. The maximum Gasteiger partial charge on any atom is 0.510 e. The Morgan fingerprint density at radius 1 is 0.952 bits per heavy atom. The minimum Gasteiger partial charge on any atom is -0.465 e. The first-order chi connectivity index (χ1) is 30.5. The summed E-state index contributed by atoms with van der Waals surface area (Å²) in [5.74, 6) is 5.31. The lowest BCUT2D eigenvalue weighted by atomic mass is 9.98. The third kappa shape index (κ3) is 13.9. The summed E-state index contributed by atoms with van der Waals surface area (Å²) >= 11 is 0. The lowest BCUT2D eigenvalue weighted by Crippen LogP contribution is -2.33. The third-order valence-corrected chi connectivity index (χ3v) is 9.67. The highest BCUT2D eigenvalue weighted by Crippen LogP contribution is 2.29. The molecule has 5 aromatic rings. The van der Waals surface area contributed by atoms with Crippen molar-refractivity contribution in [1.82, 2.24) is 14.7 Å². The zero-order valence-corrected chi connectivity index (χ0v) is 35.3. The molecule has 1 atom stereocenters. The zero-order chi connectivity index (χ0) is 45.1. The standard InChI is InChI=1S/C37H37N7O11.C7H14O/c1-3-50-36-40-32-13-7-12-31(35(46)55-24(2)53-23-45)33(32)42(36)19-25-14-16-28(17-15-25)29-10-4-5-11-30(29)34(38)41-43(39)22-52-37(47)51-20-26-8-6-9-27(18-26)21-54-44(48)49;1-8-7-5-3-2-4-6-7/h4-18,23-24H,3,19-22,39H2,1-2H3,(H2,38,41);7H,2-6H2,1H3. The number of nitrogens with two attached hydrogens (primary N) is 2. The zero-order valence-electron chi connectivity index (χ0n) is 35.3. The molecule has 6 rings (SSSR count). The molecule has 0 saturated heterocycles. The fourth-order valence-corrected chi connectivity index (χ4v) is 6.73. The van der Waals surface area contributed by atoms with Gasteiger partial charge in [0.05, 0.1) is 35.9 Å². The predicted octanol–water partition coefficient (Wildman–Crippen LogP) is 6.61. The molecular formula is C44H51N7O12. The van der Waals surface area contributed by atoms with Crippen LogP contribution in [0.3, 0.4) is 0 Å². The molecule has 1 heterocycles. The predicted molar refractivity (Wildman–Crippen MR) is 229 cm³/mol. The Bertz CT molecular complexity index is 2330. The number of hydrogen-bond acceptors (Lipinski definition) is 16. The van der Waals surface area contributed by atoms with Crippen LogP contribution >= 0.6 is 0 Å². The number of para-hydroxylation sites is 1. The highest BCUT2D eigenvalue weighted by Gasteiger charge is 2.22. The molecule has 0 spiro atoms. The Kier molecular flexibility index (Phi) is 17.6. The Balaban J connectivity index is 0.000000840. The van der Waals surface area contributed by atoms with Crippen molar-refractivity contribution in [2.75, 3.05) is 20.4 Å². The highest BCUT2D eigenvalue weighted by atomic mass is 16.9. The van der Waals surface area contributed by atoms with Gasteiger partial charge in [-0.15, -0.1) is 15.2 Å². The summed E-state index contributed by atoms with van der Waals surface area (Å²) in [6.07, 6.45) is 5.22. The molecule has 0 radical (unpaired) electrons. The topological polar surface area (TPSA) is 244 Å². The fourth-order valence-electron chi connectivity index (χ4n) is 6.73. The first-order valence-corrected chi connectivity index (χ1v) is 20.1. The van der Waals surface area contributed by atoms with Crippen LogP contribution in [0.5, 0.6) is 6.01 Å². The van der Waals surface area contributed by atoms with Gasteiger partial charge in [0.2, 0.25) is 6.29 Å². The van der Waals surface area contributed by atoms with Gasteiger partial charge >= 0.3 is 12.1 Å². The molecule has 1 aliphatic carbocycles. The number of benzene rings is 4. The van der Waals surface area contributed by atoms with Gasteiger partial charge in [-0.2, -0.15) is 10.1 Å². The number of ether oxygens (including phenoxy) is 6. The molecule has 1 aliphatic rings. The lowest BCUT2D eigenvalue weighted by Gasteiger charge is -2.19. The second-order valence-electron chi connectivity index (χ2n) is 14.1. The van der Waals surface area contributed by atoms with E-state index in [0.717, 1.165) is 21.8 Å². The van der Waals surface area contributed by atoms with Gasteiger partial charge in [-0.1, -0.05) is 98.1 Å². The molecule has 1 saturated carbocycles. The van der Waals surface area contributed by atoms with Gasteiger partial charge < -0.3 is 39.0 Å². The smallest absolute Gasteiger partial charge is 0.465 e. The van der Waals surface area contributed by atoms with Gasteiger partial charge in [-0.05, 0) is 59.7 Å². The van der Waals surface area contributed by atoms with Gasteiger partial charge in [0.15, 0.2) is 12.6 Å². The first-order valence-electron chi connectivity index (χ1n) is 20.1. The summed E-state index contributed by atoms with van der Waals surface area (Å²) in [7, 11) is 1.82. The number of hydrazine groups is 1. The second kappa shape index (κ2) is 23.7. The summed E-state index contributed by atoms with van der Waals surface area (Å²) in [6, 6.07) is 26.8. The Morgan fingerprint density at radius 2 is 1.65 bits per heavy atom. The lowest BCUT2D eigenvalue weighted by molar-refractivity contribution is -0.763. The number of nitrogens with zero attached hydrogens (tertiary/aromatic N) is 5. The maximum atomic E-state index is 13.1. The molecule has 0 amide bonds. The minimum atomic E-state index is -1.09. The van der Waals surface area contributed by atoms with Crippen molar-refractivity contribution in [2.24, 2.45) is 16.7 Å². The second-order valence-corrected chi connectivity index (χ2v) is 14.1. The third-order valence-electron chi connectivity index (χ3n) is 9.67. The molecule has 334 valence electrons. The molecule has 19 heteroatoms. The number of aromatic nitrogens is 2. The van der Waals surface area contributed by atoms with Crippen LogP contribution < -0.4 is 16.3 Å². The van der Waals surface area contributed by atoms with Crippen molar-refractivity contribution >= 4 is 35.5 Å². The molecule has 1 aromatic heterocycles. The molecule has 1 unspecified atom stereocenters. The number of carbonyl (C=O) groups is 3. The summed E-state index contributed by atoms with van der Waals surface area (Å²) in [5, 5.41) is 14.5. The van der Waals surface area contributed by atoms with Crippen LogP contribution in [0.25, 0.3) is 22.2 Å². The van der Waals surface area contributed by atoms with E-state index < -0.39 is 30.2 Å². The van der Waals surface area contributed by atoms with E-state index in [-0.39, 0.29) is 37.6 Å². The fraction of sp³-hybridized carbons (Fsp3) is 0.341. The summed E-state index contributed by atoms with van der Waals surface area (Å²) in [6.45, 7) is 3.21. The van der Waals surface area contributed by atoms with Crippen LogP contribution in [0.1, 0.15) is 78.6 Å². The van der Waals surface area contributed by atoms with Crippen LogP contribution in [-0.4, -0.2) is 77.0 Å². The number of hydrogen-bond donors (Lipinski definition) is 2. The van der Waals surface area contributed by atoms with E-state index in [0.29, 0.717) is 46.4 Å². The van der Waals surface area contributed by atoms with Gasteiger partial charge in [0.1, 0.15) is 13.2 Å². The number of methoxy groups -OCH3 is 1. The van der Waals surface area contributed by atoms with Crippen molar-refractivity contribution < 1.29 is 52.7 Å². The Labute approximate surface area is 363 Å². The van der Waals surface area contributed by atoms with Crippen molar-refractivity contribution in [3.8, 4) is 17.1 Å². The summed E-state index contributed by atoms with van der Waals surface area (Å²) in [5.41, 5.74) is 11.6. The molecule has 1 fully saturated rings. The highest BCUT2D eigenvalue weighted by molar-refractivity contribution is 6.03. The van der Waals surface area contributed by atoms with E-state index in [1.54, 1.807) is 59.2 Å². The largest absolute Gasteiger partial charge is 0.510 e. The SMILES string of the molecule is CCOc1nc2cccc(C(=O)OC(C)OC=O)c2n1Cc1ccc(-c2ccccc2/C(N)=N/N(N)COC(=O)OCc2cccc(CO[N+](=O)[O-])c2)cc1.COC1CCCCC1. The molecular weight excluding hydrogens is 819 g/mol. The number of fused-ring (bicyclic) bond motifs is 1. The van der Waals surface area contributed by atoms with Gasteiger partial charge in [0.25, 0.3) is 17.6 Å². The number of rotatable bonds is 19. The van der Waals surface area contributed by atoms with E-state index in [9.17, 15) is 24.5 Å². The van der Waals surface area contributed by atoms with Crippen molar-refractivity contribution in [3.05, 3.63) is 129 Å². The van der Waals surface area contributed by atoms with Crippen molar-refractivity contribution in [3.63, 3.8) is 0 Å². The van der Waals surface area contributed by atoms with Crippen LogP contribution in [0.4, 0.5) is 4.79 Å². The molecule has 0 aliphatic heterocycles. The molecule has 19 nitrogen and oxygen atoms in total. The average molecular weight is 870 g/mol. The van der Waals surface area contributed by atoms with E-state index >= 15 is 0 Å². The van der Waals surface area contributed by atoms with Crippen LogP contribution in [0, 0.1) is 10.1 Å². The van der Waals surface area contributed by atoms with Crippen molar-refractivity contribution in [1.29, 1.82) is 0 Å². The van der Waals surface area contributed by atoms with E-state index in [2.05, 4.69) is 14.9 Å². The minimum absolute atomic E-state index is 0.0476. The van der Waals surface area contributed by atoms with Crippen LogP contribution in [0.2, 0.25) is 0 Å². The first kappa shape index (κ1) is 46.8. The van der Waals surface area contributed by atoms with Gasteiger partial charge in [-0.25, -0.2) is 15.4 Å². The monoisotopic (exact) mass is 869 g/mol. The van der Waals surface area contributed by atoms with E-state index in [1.807, 2.05) is 50.4 Å². The van der Waals surface area contributed by atoms with Gasteiger partial charge in [-0.3, -0.25) is 9.36 Å². The summed E-state index contributed by atoms with van der Waals surface area (Å²) in [4.78, 5) is 55.4. The van der Waals surface area contributed by atoms with E-state index in [4.69, 9.17) is 40.0 Å². The number of esters is 1. The van der Waals surface area contributed by atoms with Gasteiger partial charge in [0, 0.05) is 19.6 Å². The Hall–Kier alpha value is -7.25. The number of hydrazone groups is 1. The number of carbonyl (C=O) groups excluding carboxylic acids is 3. The average Bonchev–Trinajstić information content (AvgIpc) is 3.64. The molecule has 4 N–H and O–H groups in total. The Morgan fingerprint density at radius 3 is 2.33 bits per heavy atom. The van der Waals surface area contributed by atoms with Crippen LogP contribution in [-0.2, 0) is 53.1 Å². The number of amidine groups is 1. The molecule has 0 bridgehead atoms. The van der Waals surface area contributed by atoms with E-state index in [1.165, 1.54) is 39.0 Å². The maximum absolute atomic E-state index is 13.1. The quantitative estimate of drug-likeness (QED) is 0.0130.